The summed E-state index contributed by atoms with van der Waals surface area (Å²) >= 11 is 0. The monoisotopic (exact) mass is 367 g/mol. The molecule has 0 amide bonds. The number of halogens is 1. The lowest BCUT2D eigenvalue weighted by Crippen LogP contribution is -2.10. The Kier molecular flexibility index (Phi) is 4.23. The Bertz CT molecular complexity index is 1110. The zero-order chi connectivity index (χ0) is 19.0. The molecule has 1 N–H and O–H groups in total. The molecule has 0 fully saturated rings. The van der Waals surface area contributed by atoms with Crippen molar-refractivity contribution in [1.29, 1.82) is 0 Å². The number of benzene rings is 2. The molecule has 0 aliphatic rings. The van der Waals surface area contributed by atoms with E-state index in [0.29, 0.717) is 23.0 Å². The lowest BCUT2D eigenvalue weighted by atomic mass is 10.1. The molecule has 27 heavy (non-hydrogen) atoms. The summed E-state index contributed by atoms with van der Waals surface area (Å²) in [4.78, 5) is 0. The van der Waals surface area contributed by atoms with E-state index in [1.807, 2.05) is 19.1 Å². The van der Waals surface area contributed by atoms with Crippen LogP contribution in [0.4, 0.5) is 10.2 Å². The van der Waals surface area contributed by atoms with Crippen LogP contribution in [0.5, 0.6) is 11.5 Å². The summed E-state index contributed by atoms with van der Waals surface area (Å²) in [6.45, 7) is 1.98. The summed E-state index contributed by atoms with van der Waals surface area (Å²) in [5.41, 5.74) is 1.56. The third-order valence-electron chi connectivity index (χ3n) is 4.48. The van der Waals surface area contributed by atoms with E-state index in [1.165, 1.54) is 12.1 Å². The molecular weight excluding hydrogens is 349 g/mol. The van der Waals surface area contributed by atoms with Crippen LogP contribution in [0.1, 0.15) is 18.5 Å². The minimum absolute atomic E-state index is 0.0941. The number of nitrogens with zero attached hydrogens (tertiary/aromatic N) is 4. The second-order valence-corrected chi connectivity index (χ2v) is 6.12. The van der Waals surface area contributed by atoms with Crippen LogP contribution in [0.15, 0.2) is 42.7 Å². The molecule has 0 aliphatic heterocycles. The van der Waals surface area contributed by atoms with Gasteiger partial charge in [0.1, 0.15) is 12.1 Å². The molecule has 2 heterocycles. The molecule has 0 aliphatic carbocycles. The van der Waals surface area contributed by atoms with Gasteiger partial charge in [-0.3, -0.25) is 0 Å². The summed E-state index contributed by atoms with van der Waals surface area (Å²) < 4.78 is 25.7. The standard InChI is InChI=1S/C19H18FN5O2/c1-11(12-4-6-13(20)7-5-12)22-18-14-8-16(26-2)17(27-3)9-15(14)19-23-21-10-25(19)24-18/h4-11H,1-3H3,(H,22,24)/t11-/m1/s1. The minimum atomic E-state index is -0.266. The van der Waals surface area contributed by atoms with E-state index in [0.717, 1.165) is 16.3 Å². The highest BCUT2D eigenvalue weighted by Crippen LogP contribution is 2.36. The van der Waals surface area contributed by atoms with Crippen molar-refractivity contribution in [3.8, 4) is 11.5 Å². The highest BCUT2D eigenvalue weighted by atomic mass is 19.1. The van der Waals surface area contributed by atoms with E-state index >= 15 is 0 Å². The van der Waals surface area contributed by atoms with Gasteiger partial charge in [0.2, 0.25) is 0 Å². The second-order valence-electron chi connectivity index (χ2n) is 6.12. The third kappa shape index (κ3) is 2.99. The summed E-state index contributed by atoms with van der Waals surface area (Å²) in [5.74, 6) is 1.55. The van der Waals surface area contributed by atoms with Crippen LogP contribution in [0.25, 0.3) is 16.4 Å². The average molecular weight is 367 g/mol. The predicted molar refractivity (Wildman–Crippen MR) is 99.8 cm³/mol. The fourth-order valence-corrected chi connectivity index (χ4v) is 3.05. The molecule has 7 nitrogen and oxygen atoms in total. The van der Waals surface area contributed by atoms with E-state index < -0.39 is 0 Å². The van der Waals surface area contributed by atoms with Gasteiger partial charge in [0.05, 0.1) is 20.3 Å². The maximum atomic E-state index is 13.2. The molecule has 1 atom stereocenters. The van der Waals surface area contributed by atoms with Gasteiger partial charge in [-0.2, -0.15) is 4.52 Å². The highest BCUT2D eigenvalue weighted by molar-refractivity contribution is 6.01. The Morgan fingerprint density at radius 3 is 2.37 bits per heavy atom. The van der Waals surface area contributed by atoms with Crippen molar-refractivity contribution in [2.45, 2.75) is 13.0 Å². The molecule has 8 heteroatoms. The van der Waals surface area contributed by atoms with E-state index in [4.69, 9.17) is 9.47 Å². The molecule has 0 radical (unpaired) electrons. The van der Waals surface area contributed by atoms with E-state index in [-0.39, 0.29) is 11.9 Å². The van der Waals surface area contributed by atoms with Gasteiger partial charge in [0.15, 0.2) is 23.0 Å². The van der Waals surface area contributed by atoms with Crippen molar-refractivity contribution < 1.29 is 13.9 Å². The molecular formula is C19H18FN5O2. The van der Waals surface area contributed by atoms with Crippen molar-refractivity contribution >= 4 is 22.2 Å². The maximum Gasteiger partial charge on any atom is 0.185 e. The van der Waals surface area contributed by atoms with Gasteiger partial charge in [-0.05, 0) is 36.8 Å². The van der Waals surface area contributed by atoms with Gasteiger partial charge >= 0.3 is 0 Å². The Balaban J connectivity index is 1.86. The Morgan fingerprint density at radius 1 is 1.04 bits per heavy atom. The van der Waals surface area contributed by atoms with Crippen LogP contribution < -0.4 is 14.8 Å². The lowest BCUT2D eigenvalue weighted by molar-refractivity contribution is 0.356. The number of hydrogen-bond donors (Lipinski definition) is 1. The summed E-state index contributed by atoms with van der Waals surface area (Å²) in [5, 5.41) is 17.7. The molecule has 0 unspecified atom stereocenters. The SMILES string of the molecule is COc1cc2c(N[C@H](C)c3ccc(F)cc3)nn3cnnc3c2cc1OC. The minimum Gasteiger partial charge on any atom is -0.493 e. The van der Waals surface area contributed by atoms with Crippen molar-refractivity contribution in [1.82, 2.24) is 19.8 Å². The first-order valence-corrected chi connectivity index (χ1v) is 8.38. The molecule has 0 spiro atoms. The first-order chi connectivity index (χ1) is 13.1. The molecule has 138 valence electrons. The van der Waals surface area contributed by atoms with Gasteiger partial charge in [-0.15, -0.1) is 15.3 Å². The predicted octanol–water partition coefficient (Wildman–Crippen LogP) is 3.61. The van der Waals surface area contributed by atoms with Crippen LogP contribution in [-0.2, 0) is 0 Å². The number of anilines is 1. The molecule has 2 aromatic carbocycles. The van der Waals surface area contributed by atoms with Crippen LogP contribution in [-0.4, -0.2) is 34.0 Å². The smallest absolute Gasteiger partial charge is 0.185 e. The van der Waals surface area contributed by atoms with Gasteiger partial charge in [-0.25, -0.2) is 4.39 Å². The molecule has 0 saturated heterocycles. The first-order valence-electron chi connectivity index (χ1n) is 8.38. The first kappa shape index (κ1) is 17.0. The molecule has 2 aromatic heterocycles. The number of aromatic nitrogens is 4. The Hall–Kier alpha value is -3.42. The summed E-state index contributed by atoms with van der Waals surface area (Å²) in [7, 11) is 3.17. The Morgan fingerprint density at radius 2 is 1.70 bits per heavy atom. The maximum absolute atomic E-state index is 13.2. The van der Waals surface area contributed by atoms with Crippen LogP contribution >= 0.6 is 0 Å². The van der Waals surface area contributed by atoms with Gasteiger partial charge < -0.3 is 14.8 Å². The third-order valence-corrected chi connectivity index (χ3v) is 4.48. The zero-order valence-electron chi connectivity index (χ0n) is 15.1. The van der Waals surface area contributed by atoms with Gasteiger partial charge in [0.25, 0.3) is 0 Å². The fraction of sp³-hybridized carbons (Fsp3) is 0.211. The van der Waals surface area contributed by atoms with E-state index in [9.17, 15) is 4.39 Å². The molecule has 0 saturated carbocycles. The molecule has 4 aromatic rings. The van der Waals surface area contributed by atoms with E-state index in [2.05, 4.69) is 20.6 Å². The quantitative estimate of drug-likeness (QED) is 0.581. The van der Waals surface area contributed by atoms with Crippen molar-refractivity contribution in [2.75, 3.05) is 19.5 Å². The highest BCUT2D eigenvalue weighted by Gasteiger charge is 2.17. The van der Waals surface area contributed by atoms with Crippen LogP contribution in [0, 0.1) is 5.82 Å². The number of hydrogen-bond acceptors (Lipinski definition) is 6. The van der Waals surface area contributed by atoms with E-state index in [1.54, 1.807) is 37.2 Å². The average Bonchev–Trinajstić information content (AvgIpc) is 3.16. The van der Waals surface area contributed by atoms with Gasteiger partial charge in [0, 0.05) is 10.8 Å². The topological polar surface area (TPSA) is 73.6 Å². The van der Waals surface area contributed by atoms with Gasteiger partial charge in [-0.1, -0.05) is 12.1 Å². The molecule has 0 bridgehead atoms. The van der Waals surface area contributed by atoms with Crippen LogP contribution in [0.2, 0.25) is 0 Å². The van der Waals surface area contributed by atoms with Crippen molar-refractivity contribution in [3.05, 3.63) is 54.1 Å². The number of nitrogens with one attached hydrogen (secondary N) is 1. The number of rotatable bonds is 5. The zero-order valence-corrected chi connectivity index (χ0v) is 15.1. The van der Waals surface area contributed by atoms with Crippen LogP contribution in [0.3, 0.4) is 0 Å². The van der Waals surface area contributed by atoms with Crippen molar-refractivity contribution in [3.63, 3.8) is 0 Å². The number of ether oxygens (including phenoxy) is 2. The number of fused-ring (bicyclic) bond motifs is 3. The summed E-state index contributed by atoms with van der Waals surface area (Å²) in [6.07, 6.45) is 1.54. The number of methoxy groups -OCH3 is 2. The summed E-state index contributed by atoms with van der Waals surface area (Å²) in [6, 6.07) is 9.99. The second kappa shape index (κ2) is 6.71. The normalized spacial score (nSPS) is 12.3. The largest absolute Gasteiger partial charge is 0.493 e. The van der Waals surface area contributed by atoms with Crippen molar-refractivity contribution in [2.24, 2.45) is 0 Å². The molecule has 4 rings (SSSR count). The Labute approximate surface area is 154 Å². The lowest BCUT2D eigenvalue weighted by Gasteiger charge is -2.18. The fourth-order valence-electron chi connectivity index (χ4n) is 3.05.